The van der Waals surface area contributed by atoms with Crippen molar-refractivity contribution >= 4 is 11.9 Å². The van der Waals surface area contributed by atoms with Gasteiger partial charge in [0.2, 0.25) is 0 Å². The molecule has 17 heavy (non-hydrogen) atoms. The van der Waals surface area contributed by atoms with Crippen LogP contribution in [0.4, 0.5) is 0 Å². The molecule has 1 aliphatic heterocycles. The van der Waals surface area contributed by atoms with Crippen molar-refractivity contribution < 1.29 is 19.2 Å². The Morgan fingerprint density at radius 2 is 2.29 bits per heavy atom. The number of carboxylic acids is 1. The van der Waals surface area contributed by atoms with Crippen LogP contribution in [0.25, 0.3) is 0 Å². The first-order valence-electron chi connectivity index (χ1n) is 5.51. The molecule has 1 fully saturated rings. The van der Waals surface area contributed by atoms with E-state index in [9.17, 15) is 14.7 Å². The van der Waals surface area contributed by atoms with Gasteiger partial charge in [0.25, 0.3) is 5.91 Å². The average molecular weight is 238 g/mol. The minimum Gasteiger partial charge on any atom is -0.480 e. The second kappa shape index (κ2) is 4.20. The molecule has 0 saturated carbocycles. The molecule has 1 unspecified atom stereocenters. The molecule has 92 valence electrons. The van der Waals surface area contributed by atoms with Crippen molar-refractivity contribution in [3.63, 3.8) is 0 Å². The Kier molecular flexibility index (Phi) is 2.87. The van der Waals surface area contributed by atoms with Gasteiger partial charge in [-0.2, -0.15) is 0 Å². The fourth-order valence-corrected chi connectivity index (χ4v) is 2.13. The number of likely N-dealkylation sites (tertiary alicyclic amines) is 1. The van der Waals surface area contributed by atoms with Crippen LogP contribution in [0.1, 0.15) is 36.7 Å². The quantitative estimate of drug-likeness (QED) is 0.835. The van der Waals surface area contributed by atoms with Crippen LogP contribution in [-0.4, -0.2) is 39.1 Å². The highest BCUT2D eigenvalue weighted by Crippen LogP contribution is 2.29. The first kappa shape index (κ1) is 11.6. The topological polar surface area (TPSA) is 83.6 Å². The molecule has 2 rings (SSSR count). The van der Waals surface area contributed by atoms with Crippen molar-refractivity contribution in [2.24, 2.45) is 0 Å². The molecular formula is C11H14N2O4. The predicted octanol–water partition coefficient (Wildman–Crippen LogP) is 1.14. The molecule has 6 nitrogen and oxygen atoms in total. The second-order valence-electron chi connectivity index (χ2n) is 4.38. The van der Waals surface area contributed by atoms with Gasteiger partial charge < -0.3 is 14.5 Å². The highest BCUT2D eigenvalue weighted by molar-refractivity contribution is 5.96. The normalized spacial score (nSPS) is 24.6. The van der Waals surface area contributed by atoms with Gasteiger partial charge in [-0.25, -0.2) is 4.79 Å². The zero-order chi connectivity index (χ0) is 12.5. The molecule has 1 atom stereocenters. The molecule has 0 spiro atoms. The lowest BCUT2D eigenvalue weighted by molar-refractivity contribution is -0.150. The summed E-state index contributed by atoms with van der Waals surface area (Å²) in [7, 11) is 0. The van der Waals surface area contributed by atoms with E-state index in [0.29, 0.717) is 13.0 Å². The third-order valence-electron chi connectivity index (χ3n) is 3.25. The van der Waals surface area contributed by atoms with Gasteiger partial charge in [0.05, 0.1) is 0 Å². The maximum absolute atomic E-state index is 12.1. The van der Waals surface area contributed by atoms with Crippen LogP contribution in [0.15, 0.2) is 16.9 Å². The highest BCUT2D eigenvalue weighted by atomic mass is 16.5. The van der Waals surface area contributed by atoms with Gasteiger partial charge in [0.15, 0.2) is 5.69 Å². The number of aliphatic carboxylic acids is 1. The molecule has 0 bridgehead atoms. The maximum atomic E-state index is 12.1. The Morgan fingerprint density at radius 1 is 1.53 bits per heavy atom. The lowest BCUT2D eigenvalue weighted by atomic mass is 9.88. The van der Waals surface area contributed by atoms with Crippen LogP contribution in [-0.2, 0) is 4.79 Å². The fraction of sp³-hybridized carbons (Fsp3) is 0.545. The summed E-state index contributed by atoms with van der Waals surface area (Å²) < 4.78 is 4.61. The van der Waals surface area contributed by atoms with Crippen molar-refractivity contribution in [3.05, 3.63) is 18.0 Å². The molecule has 1 N–H and O–H groups in total. The summed E-state index contributed by atoms with van der Waals surface area (Å²) in [6.45, 7) is 2.01. The molecule has 1 aromatic rings. The van der Waals surface area contributed by atoms with E-state index >= 15 is 0 Å². The largest absolute Gasteiger partial charge is 0.480 e. The summed E-state index contributed by atoms with van der Waals surface area (Å²) in [6.07, 6.45) is 3.39. The number of nitrogens with zero attached hydrogens (tertiary/aromatic N) is 2. The van der Waals surface area contributed by atoms with Crippen molar-refractivity contribution in [3.8, 4) is 0 Å². The smallest absolute Gasteiger partial charge is 0.329 e. The number of rotatable bonds is 2. The van der Waals surface area contributed by atoms with E-state index in [4.69, 9.17) is 0 Å². The molecule has 1 aromatic heterocycles. The summed E-state index contributed by atoms with van der Waals surface area (Å²) >= 11 is 0. The van der Waals surface area contributed by atoms with Gasteiger partial charge in [-0.05, 0) is 26.2 Å². The van der Waals surface area contributed by atoms with Crippen LogP contribution >= 0.6 is 0 Å². The van der Waals surface area contributed by atoms with E-state index in [0.717, 1.165) is 12.8 Å². The van der Waals surface area contributed by atoms with E-state index in [1.54, 1.807) is 6.92 Å². The number of carbonyl (C=O) groups is 2. The number of hydrogen-bond acceptors (Lipinski definition) is 4. The number of piperidine rings is 1. The van der Waals surface area contributed by atoms with Gasteiger partial charge in [-0.1, -0.05) is 5.16 Å². The van der Waals surface area contributed by atoms with E-state index < -0.39 is 11.5 Å². The van der Waals surface area contributed by atoms with Crippen molar-refractivity contribution in [1.82, 2.24) is 10.1 Å². The Bertz CT molecular complexity index is 429. The van der Waals surface area contributed by atoms with E-state index in [1.807, 2.05) is 0 Å². The maximum Gasteiger partial charge on any atom is 0.329 e. The number of carbonyl (C=O) groups excluding carboxylic acids is 1. The number of hydrogen-bond donors (Lipinski definition) is 1. The van der Waals surface area contributed by atoms with Crippen LogP contribution in [0.3, 0.4) is 0 Å². The summed E-state index contributed by atoms with van der Waals surface area (Å²) in [5.41, 5.74) is -0.992. The minimum atomic E-state index is -1.14. The van der Waals surface area contributed by atoms with Gasteiger partial charge in [0, 0.05) is 12.6 Å². The Balaban J connectivity index is 2.29. The monoisotopic (exact) mass is 238 g/mol. The minimum absolute atomic E-state index is 0.152. The van der Waals surface area contributed by atoms with Gasteiger partial charge in [0.1, 0.15) is 11.8 Å². The van der Waals surface area contributed by atoms with Crippen molar-refractivity contribution in [2.45, 2.75) is 31.7 Å². The lowest BCUT2D eigenvalue weighted by Crippen LogP contribution is -2.57. The van der Waals surface area contributed by atoms with Crippen molar-refractivity contribution in [2.75, 3.05) is 6.54 Å². The molecule has 1 saturated heterocycles. The van der Waals surface area contributed by atoms with Gasteiger partial charge >= 0.3 is 5.97 Å². The van der Waals surface area contributed by atoms with Crippen LogP contribution < -0.4 is 0 Å². The second-order valence-corrected chi connectivity index (χ2v) is 4.38. The predicted molar refractivity (Wildman–Crippen MR) is 57.4 cm³/mol. The highest BCUT2D eigenvalue weighted by Gasteiger charge is 2.44. The summed E-state index contributed by atoms with van der Waals surface area (Å²) in [5, 5.41) is 12.8. The van der Waals surface area contributed by atoms with Gasteiger partial charge in [-0.15, -0.1) is 0 Å². The summed E-state index contributed by atoms with van der Waals surface area (Å²) in [6, 6.07) is 1.44. The molecule has 0 aliphatic carbocycles. The van der Waals surface area contributed by atoms with E-state index in [2.05, 4.69) is 9.68 Å². The number of amides is 1. The fourth-order valence-electron chi connectivity index (χ4n) is 2.13. The molecule has 6 heteroatoms. The summed E-state index contributed by atoms with van der Waals surface area (Å²) in [4.78, 5) is 24.8. The van der Waals surface area contributed by atoms with Crippen molar-refractivity contribution in [1.29, 1.82) is 0 Å². The Labute approximate surface area is 98.2 Å². The molecule has 2 heterocycles. The van der Waals surface area contributed by atoms with Crippen LogP contribution in [0.2, 0.25) is 0 Å². The third-order valence-corrected chi connectivity index (χ3v) is 3.25. The van der Waals surface area contributed by atoms with E-state index in [1.165, 1.54) is 17.2 Å². The van der Waals surface area contributed by atoms with Gasteiger partial charge in [-0.3, -0.25) is 4.79 Å². The molecule has 0 radical (unpaired) electrons. The molecule has 1 aliphatic rings. The first-order chi connectivity index (χ1) is 8.05. The van der Waals surface area contributed by atoms with Crippen LogP contribution in [0, 0.1) is 0 Å². The van der Waals surface area contributed by atoms with Crippen LogP contribution in [0.5, 0.6) is 0 Å². The average Bonchev–Trinajstić information content (AvgIpc) is 2.82. The zero-order valence-corrected chi connectivity index (χ0v) is 9.55. The number of carboxylic acid groups (broad SMARTS) is 1. The first-order valence-corrected chi connectivity index (χ1v) is 5.51. The third kappa shape index (κ3) is 1.90. The molecular weight excluding hydrogens is 224 g/mol. The Morgan fingerprint density at radius 3 is 2.88 bits per heavy atom. The number of aromatic nitrogens is 1. The SMILES string of the molecule is CC1(C(=O)O)CCCCN1C(=O)c1ccon1. The lowest BCUT2D eigenvalue weighted by Gasteiger charge is -2.41. The molecule has 0 aromatic carbocycles. The van der Waals surface area contributed by atoms with E-state index in [-0.39, 0.29) is 11.6 Å². The Hall–Kier alpha value is -1.85. The molecule has 1 amide bonds. The summed E-state index contributed by atoms with van der Waals surface area (Å²) in [5.74, 6) is -1.36. The standard InChI is InChI=1S/C11H14N2O4/c1-11(10(15)16)5-2-3-6-13(11)9(14)8-4-7-17-12-8/h4,7H,2-3,5-6H2,1H3,(H,15,16). The zero-order valence-electron chi connectivity index (χ0n) is 9.55.